The van der Waals surface area contributed by atoms with E-state index in [4.69, 9.17) is 16.3 Å². The van der Waals surface area contributed by atoms with Crippen LogP contribution in [0.2, 0.25) is 5.02 Å². The van der Waals surface area contributed by atoms with Crippen LogP contribution in [0.15, 0.2) is 18.2 Å². The van der Waals surface area contributed by atoms with Gasteiger partial charge in [-0.3, -0.25) is 0 Å². The Kier molecular flexibility index (Phi) is 5.53. The summed E-state index contributed by atoms with van der Waals surface area (Å²) in [6, 6.07) is 6.59. The van der Waals surface area contributed by atoms with Gasteiger partial charge >= 0.3 is 0 Å². The molecule has 19 heavy (non-hydrogen) atoms. The van der Waals surface area contributed by atoms with Gasteiger partial charge in [0, 0.05) is 11.1 Å². The Balaban J connectivity index is 2.08. The molecule has 1 fully saturated rings. The first kappa shape index (κ1) is 14.7. The summed E-state index contributed by atoms with van der Waals surface area (Å²) in [6.07, 6.45) is 7.63. The predicted octanol–water partition coefficient (Wildman–Crippen LogP) is 4.06. The molecule has 2 rings (SSSR count). The van der Waals surface area contributed by atoms with Crippen molar-refractivity contribution in [1.82, 2.24) is 5.32 Å². The molecule has 1 aromatic carbocycles. The molecule has 0 bridgehead atoms. The molecule has 2 unspecified atom stereocenters. The molecule has 0 saturated heterocycles. The lowest BCUT2D eigenvalue weighted by Gasteiger charge is -2.20. The number of rotatable bonds is 4. The molecule has 0 amide bonds. The summed E-state index contributed by atoms with van der Waals surface area (Å²) < 4.78 is 5.45. The molecule has 3 heteroatoms. The quantitative estimate of drug-likeness (QED) is 0.841. The third-order valence-corrected chi connectivity index (χ3v) is 4.43. The Hall–Kier alpha value is -0.730. The van der Waals surface area contributed by atoms with Gasteiger partial charge < -0.3 is 10.1 Å². The first-order chi connectivity index (χ1) is 9.22. The van der Waals surface area contributed by atoms with Gasteiger partial charge in [-0.05, 0) is 56.0 Å². The molecule has 1 N–H and O–H groups in total. The summed E-state index contributed by atoms with van der Waals surface area (Å²) in [7, 11) is 3.81. The first-order valence-corrected chi connectivity index (χ1v) is 7.60. The number of nitrogens with one attached hydrogen (secondary N) is 1. The lowest BCUT2D eigenvalue weighted by Crippen LogP contribution is -2.26. The van der Waals surface area contributed by atoms with E-state index in [1.54, 1.807) is 7.11 Å². The molecule has 0 aromatic heterocycles. The number of hydrogen-bond donors (Lipinski definition) is 1. The third-order valence-electron chi connectivity index (χ3n) is 4.19. The van der Waals surface area contributed by atoms with Crippen LogP contribution < -0.4 is 10.1 Å². The molecule has 106 valence electrons. The van der Waals surface area contributed by atoms with Crippen LogP contribution in [-0.4, -0.2) is 20.2 Å². The SMILES string of the molecule is CNC1CCCCC(Cc2cc(Cl)ccc2OC)C1. The van der Waals surface area contributed by atoms with Crippen molar-refractivity contribution in [3.05, 3.63) is 28.8 Å². The number of ether oxygens (including phenoxy) is 1. The van der Waals surface area contributed by atoms with Crippen LogP contribution in [0.25, 0.3) is 0 Å². The minimum atomic E-state index is 0.665. The summed E-state index contributed by atoms with van der Waals surface area (Å²) in [5.74, 6) is 1.70. The molecule has 0 heterocycles. The van der Waals surface area contributed by atoms with Gasteiger partial charge in [-0.1, -0.05) is 30.9 Å². The average Bonchev–Trinajstić information content (AvgIpc) is 2.64. The van der Waals surface area contributed by atoms with Gasteiger partial charge in [-0.2, -0.15) is 0 Å². The standard InChI is InChI=1S/C16H24ClNO/c1-18-15-6-4-3-5-12(10-15)9-13-11-14(17)7-8-16(13)19-2/h7-8,11-12,15,18H,3-6,9-10H2,1-2H3. The van der Waals surface area contributed by atoms with Crippen molar-refractivity contribution in [2.45, 2.75) is 44.6 Å². The van der Waals surface area contributed by atoms with Crippen molar-refractivity contribution >= 4 is 11.6 Å². The molecule has 1 aliphatic rings. The van der Waals surface area contributed by atoms with Gasteiger partial charge in [0.2, 0.25) is 0 Å². The minimum absolute atomic E-state index is 0.665. The van der Waals surface area contributed by atoms with E-state index in [1.807, 2.05) is 12.1 Å². The Morgan fingerprint density at radius 3 is 2.84 bits per heavy atom. The zero-order chi connectivity index (χ0) is 13.7. The van der Waals surface area contributed by atoms with E-state index in [0.29, 0.717) is 6.04 Å². The van der Waals surface area contributed by atoms with E-state index in [0.717, 1.165) is 23.1 Å². The fourth-order valence-electron chi connectivity index (χ4n) is 3.13. The van der Waals surface area contributed by atoms with Crippen LogP contribution >= 0.6 is 11.6 Å². The fraction of sp³-hybridized carbons (Fsp3) is 0.625. The number of benzene rings is 1. The zero-order valence-electron chi connectivity index (χ0n) is 11.9. The van der Waals surface area contributed by atoms with Gasteiger partial charge in [0.05, 0.1) is 7.11 Å². The fourth-order valence-corrected chi connectivity index (χ4v) is 3.32. The lowest BCUT2D eigenvalue weighted by atomic mass is 9.90. The Bertz CT molecular complexity index is 408. The Morgan fingerprint density at radius 1 is 1.32 bits per heavy atom. The zero-order valence-corrected chi connectivity index (χ0v) is 12.7. The van der Waals surface area contributed by atoms with Crippen molar-refractivity contribution in [3.63, 3.8) is 0 Å². The number of halogens is 1. The molecule has 2 atom stereocenters. The Labute approximate surface area is 121 Å². The number of hydrogen-bond acceptors (Lipinski definition) is 2. The highest BCUT2D eigenvalue weighted by atomic mass is 35.5. The summed E-state index contributed by atoms with van der Waals surface area (Å²) >= 11 is 6.11. The highest BCUT2D eigenvalue weighted by Gasteiger charge is 2.20. The summed E-state index contributed by atoms with van der Waals surface area (Å²) in [6.45, 7) is 0. The molecule has 1 aliphatic carbocycles. The highest BCUT2D eigenvalue weighted by Crippen LogP contribution is 2.31. The van der Waals surface area contributed by atoms with E-state index < -0.39 is 0 Å². The summed E-state index contributed by atoms with van der Waals surface area (Å²) in [5, 5.41) is 4.24. The van der Waals surface area contributed by atoms with E-state index in [2.05, 4.69) is 18.4 Å². The normalized spacial score (nSPS) is 23.9. The van der Waals surface area contributed by atoms with Gasteiger partial charge in [-0.25, -0.2) is 0 Å². The molecule has 0 spiro atoms. The summed E-state index contributed by atoms with van der Waals surface area (Å²) in [4.78, 5) is 0. The topological polar surface area (TPSA) is 21.3 Å². The summed E-state index contributed by atoms with van der Waals surface area (Å²) in [5.41, 5.74) is 1.25. The van der Waals surface area contributed by atoms with Crippen molar-refractivity contribution in [3.8, 4) is 5.75 Å². The maximum absolute atomic E-state index is 6.11. The molecule has 2 nitrogen and oxygen atoms in total. The second-order valence-corrected chi connectivity index (χ2v) is 5.97. The van der Waals surface area contributed by atoms with Gasteiger partial charge in [0.15, 0.2) is 0 Å². The van der Waals surface area contributed by atoms with Crippen LogP contribution in [0.1, 0.15) is 37.7 Å². The molecular formula is C16H24ClNO. The van der Waals surface area contributed by atoms with Gasteiger partial charge in [0.25, 0.3) is 0 Å². The minimum Gasteiger partial charge on any atom is -0.496 e. The first-order valence-electron chi connectivity index (χ1n) is 7.22. The predicted molar refractivity (Wildman–Crippen MR) is 81.1 cm³/mol. The van der Waals surface area contributed by atoms with Crippen LogP contribution in [0.3, 0.4) is 0 Å². The highest BCUT2D eigenvalue weighted by molar-refractivity contribution is 6.30. The van der Waals surface area contributed by atoms with Crippen LogP contribution in [-0.2, 0) is 6.42 Å². The van der Waals surface area contributed by atoms with Crippen LogP contribution in [0, 0.1) is 5.92 Å². The molecule has 0 radical (unpaired) electrons. The van der Waals surface area contributed by atoms with Crippen molar-refractivity contribution in [2.75, 3.05) is 14.2 Å². The third kappa shape index (κ3) is 4.12. The van der Waals surface area contributed by atoms with Crippen molar-refractivity contribution in [2.24, 2.45) is 5.92 Å². The molecule has 1 saturated carbocycles. The monoisotopic (exact) mass is 281 g/mol. The lowest BCUT2D eigenvalue weighted by molar-refractivity contribution is 0.381. The van der Waals surface area contributed by atoms with Gasteiger partial charge in [0.1, 0.15) is 5.75 Å². The second kappa shape index (κ2) is 7.16. The Morgan fingerprint density at radius 2 is 2.11 bits per heavy atom. The number of methoxy groups -OCH3 is 1. The van der Waals surface area contributed by atoms with E-state index in [1.165, 1.54) is 37.7 Å². The van der Waals surface area contributed by atoms with Gasteiger partial charge in [-0.15, -0.1) is 0 Å². The smallest absolute Gasteiger partial charge is 0.122 e. The van der Waals surface area contributed by atoms with Crippen molar-refractivity contribution < 1.29 is 4.74 Å². The molecule has 0 aliphatic heterocycles. The van der Waals surface area contributed by atoms with E-state index in [-0.39, 0.29) is 0 Å². The maximum Gasteiger partial charge on any atom is 0.122 e. The van der Waals surface area contributed by atoms with Crippen molar-refractivity contribution in [1.29, 1.82) is 0 Å². The molecular weight excluding hydrogens is 258 g/mol. The molecule has 1 aromatic rings. The largest absolute Gasteiger partial charge is 0.496 e. The van der Waals surface area contributed by atoms with E-state index in [9.17, 15) is 0 Å². The van der Waals surface area contributed by atoms with E-state index >= 15 is 0 Å². The second-order valence-electron chi connectivity index (χ2n) is 5.53. The van der Waals surface area contributed by atoms with Crippen LogP contribution in [0.4, 0.5) is 0 Å². The van der Waals surface area contributed by atoms with Crippen LogP contribution in [0.5, 0.6) is 5.75 Å². The maximum atomic E-state index is 6.11. The average molecular weight is 282 g/mol.